The molecule has 110 valence electrons. The lowest BCUT2D eigenvalue weighted by molar-refractivity contribution is -0.129. The highest BCUT2D eigenvalue weighted by atomic mass is 35.6. The number of rotatable bonds is 1. The molecule has 0 aromatic heterocycles. The third kappa shape index (κ3) is 3.67. The van der Waals surface area contributed by atoms with Crippen LogP contribution in [0, 0.1) is 0 Å². The smallest absolute Gasteiger partial charge is 0.270 e. The third-order valence-electron chi connectivity index (χ3n) is 3.28. The molecule has 20 heavy (non-hydrogen) atoms. The van der Waals surface area contributed by atoms with Crippen molar-refractivity contribution in [2.24, 2.45) is 0 Å². The van der Waals surface area contributed by atoms with Crippen molar-refractivity contribution in [1.82, 2.24) is 4.90 Å². The molecule has 1 heterocycles. The summed E-state index contributed by atoms with van der Waals surface area (Å²) in [6.07, 6.45) is 1.80. The number of fused-ring (bicyclic) bond motifs is 1. The average Bonchev–Trinajstić information content (AvgIpc) is 2.57. The molecule has 1 aromatic rings. The normalized spacial score (nSPS) is 17.3. The fraction of sp³-hybridized carbons (Fsp3) is 0.462. The molecule has 1 unspecified atom stereocenters. The van der Waals surface area contributed by atoms with E-state index in [1.165, 1.54) is 0 Å². The molecular formula is C13H14Cl3NO2S. The second kappa shape index (κ2) is 6.22. The number of hydrogen-bond acceptors (Lipinski definition) is 2. The first-order chi connectivity index (χ1) is 9.29. The molecule has 1 amide bonds. The van der Waals surface area contributed by atoms with E-state index in [9.17, 15) is 9.00 Å². The van der Waals surface area contributed by atoms with Crippen LogP contribution in [-0.2, 0) is 28.6 Å². The fourth-order valence-electron chi connectivity index (χ4n) is 2.26. The molecule has 1 aromatic carbocycles. The number of carbonyl (C=O) groups is 1. The van der Waals surface area contributed by atoms with Crippen LogP contribution in [0.2, 0.25) is 0 Å². The number of hydrogen-bond donors (Lipinski definition) is 0. The molecule has 1 aliphatic heterocycles. The van der Waals surface area contributed by atoms with Gasteiger partial charge in [-0.3, -0.25) is 4.79 Å². The van der Waals surface area contributed by atoms with Crippen molar-refractivity contribution < 1.29 is 9.00 Å². The van der Waals surface area contributed by atoms with Crippen molar-refractivity contribution >= 4 is 51.5 Å². The van der Waals surface area contributed by atoms with Crippen LogP contribution in [0.4, 0.5) is 0 Å². The summed E-state index contributed by atoms with van der Waals surface area (Å²) in [6, 6.07) is 5.40. The molecule has 0 bridgehead atoms. The van der Waals surface area contributed by atoms with Gasteiger partial charge in [0, 0.05) is 24.9 Å². The van der Waals surface area contributed by atoms with Crippen molar-refractivity contribution in [3.8, 4) is 0 Å². The Labute approximate surface area is 135 Å². The van der Waals surface area contributed by atoms with Gasteiger partial charge < -0.3 is 4.90 Å². The summed E-state index contributed by atoms with van der Waals surface area (Å²) in [5.41, 5.74) is 2.12. The Morgan fingerprint density at radius 2 is 2.00 bits per heavy atom. The van der Waals surface area contributed by atoms with Crippen LogP contribution in [0.25, 0.3) is 0 Å². The number of carbonyl (C=O) groups excluding carboxylic acids is 1. The summed E-state index contributed by atoms with van der Waals surface area (Å²) in [6.45, 7) is 2.79. The lowest BCUT2D eigenvalue weighted by atomic mass is 10.0. The third-order valence-corrected chi connectivity index (χ3v) is 5.65. The van der Waals surface area contributed by atoms with E-state index in [-0.39, 0.29) is 5.91 Å². The number of nitrogens with zero attached hydrogens (tertiary/aromatic N) is 1. The quantitative estimate of drug-likeness (QED) is 0.725. The number of aryl methyl sites for hydroxylation is 1. The van der Waals surface area contributed by atoms with Gasteiger partial charge in [-0.1, -0.05) is 40.9 Å². The molecule has 2 rings (SSSR count). The van der Waals surface area contributed by atoms with Crippen molar-refractivity contribution in [2.45, 2.75) is 34.3 Å². The van der Waals surface area contributed by atoms with E-state index in [0.29, 0.717) is 11.4 Å². The van der Waals surface area contributed by atoms with Crippen LogP contribution in [-0.4, -0.2) is 24.7 Å². The SMILES string of the molecule is CC(=O)N1CCCc2ccc(S(=O)C(Cl)(Cl)Cl)cc2C1. The zero-order chi connectivity index (χ0) is 14.9. The minimum absolute atomic E-state index is 0.0331. The van der Waals surface area contributed by atoms with Crippen molar-refractivity contribution in [3.63, 3.8) is 0 Å². The molecule has 0 aliphatic carbocycles. The summed E-state index contributed by atoms with van der Waals surface area (Å²) in [7, 11) is -1.73. The van der Waals surface area contributed by atoms with E-state index < -0.39 is 13.9 Å². The molecule has 0 saturated carbocycles. The molecular weight excluding hydrogens is 341 g/mol. The van der Waals surface area contributed by atoms with Gasteiger partial charge in [-0.15, -0.1) is 0 Å². The van der Waals surface area contributed by atoms with Crippen LogP contribution in [0.15, 0.2) is 23.1 Å². The highest BCUT2D eigenvalue weighted by molar-refractivity contribution is 7.91. The first kappa shape index (κ1) is 16.1. The molecule has 0 spiro atoms. The Bertz CT molecular complexity index is 557. The van der Waals surface area contributed by atoms with Gasteiger partial charge in [0.2, 0.25) is 5.91 Å². The van der Waals surface area contributed by atoms with Gasteiger partial charge in [0.15, 0.2) is 0 Å². The van der Waals surface area contributed by atoms with E-state index in [1.54, 1.807) is 24.0 Å². The number of halogens is 3. The van der Waals surface area contributed by atoms with Gasteiger partial charge in [-0.05, 0) is 36.1 Å². The van der Waals surface area contributed by atoms with Gasteiger partial charge in [-0.2, -0.15) is 0 Å². The van der Waals surface area contributed by atoms with Gasteiger partial charge >= 0.3 is 0 Å². The Kier molecular flexibility index (Phi) is 5.00. The molecule has 0 fully saturated rings. The predicted molar refractivity (Wildman–Crippen MR) is 82.6 cm³/mol. The van der Waals surface area contributed by atoms with E-state index >= 15 is 0 Å². The van der Waals surface area contributed by atoms with Crippen LogP contribution in [0.5, 0.6) is 0 Å². The molecule has 0 radical (unpaired) electrons. The number of benzene rings is 1. The largest absolute Gasteiger partial charge is 0.339 e. The molecule has 0 saturated heterocycles. The first-order valence-corrected chi connectivity index (χ1v) is 8.43. The predicted octanol–water partition coefficient (Wildman–Crippen LogP) is 3.42. The zero-order valence-electron chi connectivity index (χ0n) is 10.9. The van der Waals surface area contributed by atoms with Crippen molar-refractivity contribution in [2.75, 3.05) is 6.54 Å². The summed E-state index contributed by atoms with van der Waals surface area (Å²) in [5.74, 6) is 0.0331. The maximum Gasteiger partial charge on any atom is 0.270 e. The van der Waals surface area contributed by atoms with Crippen LogP contribution >= 0.6 is 34.8 Å². The summed E-state index contributed by atoms with van der Waals surface area (Å²) in [5, 5.41) is 0. The van der Waals surface area contributed by atoms with Crippen molar-refractivity contribution in [1.29, 1.82) is 0 Å². The van der Waals surface area contributed by atoms with Crippen molar-refractivity contribution in [3.05, 3.63) is 29.3 Å². The van der Waals surface area contributed by atoms with E-state index in [2.05, 4.69) is 0 Å². The minimum Gasteiger partial charge on any atom is -0.339 e. The highest BCUT2D eigenvalue weighted by Crippen LogP contribution is 2.35. The second-order valence-electron chi connectivity index (χ2n) is 4.69. The lowest BCUT2D eigenvalue weighted by Gasteiger charge is -2.19. The van der Waals surface area contributed by atoms with Gasteiger partial charge in [0.1, 0.15) is 10.8 Å². The molecule has 3 nitrogen and oxygen atoms in total. The Morgan fingerprint density at radius 1 is 1.30 bits per heavy atom. The van der Waals surface area contributed by atoms with Crippen LogP contribution < -0.4 is 0 Å². The average molecular weight is 355 g/mol. The minimum atomic E-state index is -1.85. The first-order valence-electron chi connectivity index (χ1n) is 6.15. The fourth-order valence-corrected chi connectivity index (χ4v) is 3.77. The van der Waals surface area contributed by atoms with Gasteiger partial charge in [0.05, 0.1) is 0 Å². The van der Waals surface area contributed by atoms with Crippen LogP contribution in [0.3, 0.4) is 0 Å². The zero-order valence-corrected chi connectivity index (χ0v) is 14.0. The van der Waals surface area contributed by atoms with Gasteiger partial charge in [-0.25, -0.2) is 4.21 Å². The Balaban J connectivity index is 2.35. The molecule has 1 atom stereocenters. The monoisotopic (exact) mass is 353 g/mol. The van der Waals surface area contributed by atoms with E-state index in [4.69, 9.17) is 34.8 Å². The Morgan fingerprint density at radius 3 is 2.60 bits per heavy atom. The molecule has 7 heteroatoms. The lowest BCUT2D eigenvalue weighted by Crippen LogP contribution is -2.28. The van der Waals surface area contributed by atoms with E-state index in [0.717, 1.165) is 30.5 Å². The summed E-state index contributed by atoms with van der Waals surface area (Å²) >= 11 is 17.0. The Hall–Kier alpha value is -0.290. The highest BCUT2D eigenvalue weighted by Gasteiger charge is 2.30. The maximum atomic E-state index is 12.1. The summed E-state index contributed by atoms with van der Waals surface area (Å²) < 4.78 is 10.2. The maximum absolute atomic E-state index is 12.1. The molecule has 1 aliphatic rings. The number of alkyl halides is 3. The standard InChI is InChI=1S/C13H14Cl3NO2S/c1-9(18)17-6-2-3-10-4-5-12(7-11(10)8-17)20(19)13(14,15)16/h4-5,7H,2-3,6,8H2,1H3. The summed E-state index contributed by atoms with van der Waals surface area (Å²) in [4.78, 5) is 13.8. The molecule has 0 N–H and O–H groups in total. The van der Waals surface area contributed by atoms with Gasteiger partial charge in [0.25, 0.3) is 3.12 Å². The van der Waals surface area contributed by atoms with E-state index in [1.807, 2.05) is 6.07 Å². The number of amides is 1. The second-order valence-corrected chi connectivity index (χ2v) is 9.26. The van der Waals surface area contributed by atoms with Crippen LogP contribution in [0.1, 0.15) is 24.5 Å². The topological polar surface area (TPSA) is 37.4 Å².